The maximum Gasteiger partial charge on any atom is 0.171 e. The molecular weight excluding hydrogens is 260 g/mol. The molecule has 0 spiro atoms. The predicted molar refractivity (Wildman–Crippen MR) is 59.9 cm³/mol. The number of ether oxygens (including phenoxy) is 2. The molecule has 0 saturated heterocycles. The van der Waals surface area contributed by atoms with Gasteiger partial charge in [-0.05, 0) is 13.0 Å². The largest absolute Gasteiger partial charge is 0.492 e. The first kappa shape index (κ1) is 10.5. The third-order valence-electron chi connectivity index (χ3n) is 2.47. The van der Waals surface area contributed by atoms with Gasteiger partial charge in [-0.1, -0.05) is 15.9 Å². The van der Waals surface area contributed by atoms with E-state index in [0.29, 0.717) is 23.7 Å². The highest BCUT2D eigenvalue weighted by Crippen LogP contribution is 2.42. The lowest BCUT2D eigenvalue weighted by atomic mass is 10.1. The molecule has 0 bridgehead atoms. The Morgan fingerprint density at radius 3 is 2.93 bits per heavy atom. The first-order chi connectivity index (χ1) is 7.15. The van der Waals surface area contributed by atoms with Gasteiger partial charge in [-0.25, -0.2) is 0 Å². The summed E-state index contributed by atoms with van der Waals surface area (Å²) in [5.41, 5.74) is 1.64. The smallest absolute Gasteiger partial charge is 0.171 e. The first-order valence-corrected chi connectivity index (χ1v) is 5.47. The van der Waals surface area contributed by atoms with Crippen LogP contribution in [0.4, 0.5) is 0 Å². The van der Waals surface area contributed by atoms with Crippen molar-refractivity contribution in [2.75, 3.05) is 13.7 Å². The van der Waals surface area contributed by atoms with Crippen LogP contribution in [0.1, 0.15) is 22.8 Å². The second-order valence-electron chi connectivity index (χ2n) is 3.40. The van der Waals surface area contributed by atoms with E-state index in [2.05, 4.69) is 15.9 Å². The Balaban J connectivity index is 2.68. The van der Waals surface area contributed by atoms with Crippen molar-refractivity contribution in [3.63, 3.8) is 0 Å². The van der Waals surface area contributed by atoms with Crippen LogP contribution < -0.4 is 9.47 Å². The highest BCUT2D eigenvalue weighted by Gasteiger charge is 2.24. The molecule has 0 aliphatic carbocycles. The number of hydrogen-bond donors (Lipinski definition) is 0. The third kappa shape index (κ3) is 1.63. The summed E-state index contributed by atoms with van der Waals surface area (Å²) in [6, 6.07) is 1.80. The van der Waals surface area contributed by atoms with Crippen LogP contribution in [-0.4, -0.2) is 19.5 Å². The number of carbonyl (C=O) groups is 1. The van der Waals surface area contributed by atoms with Crippen molar-refractivity contribution in [1.82, 2.24) is 0 Å². The fourth-order valence-electron chi connectivity index (χ4n) is 1.75. The van der Waals surface area contributed by atoms with Gasteiger partial charge in [0, 0.05) is 16.5 Å². The van der Waals surface area contributed by atoms with Crippen LogP contribution in [-0.2, 0) is 6.42 Å². The maximum atomic E-state index is 11.4. The third-order valence-corrected chi connectivity index (χ3v) is 3.17. The number of methoxy groups -OCH3 is 1. The zero-order valence-corrected chi connectivity index (χ0v) is 10.2. The Kier molecular flexibility index (Phi) is 2.69. The number of hydrogen-bond acceptors (Lipinski definition) is 3. The van der Waals surface area contributed by atoms with Crippen molar-refractivity contribution in [2.45, 2.75) is 13.3 Å². The minimum atomic E-state index is -0.0224. The van der Waals surface area contributed by atoms with Crippen LogP contribution >= 0.6 is 15.9 Å². The van der Waals surface area contributed by atoms with Gasteiger partial charge >= 0.3 is 0 Å². The van der Waals surface area contributed by atoms with Gasteiger partial charge in [0.15, 0.2) is 17.3 Å². The number of fused-ring (bicyclic) bond motifs is 1. The van der Waals surface area contributed by atoms with Crippen molar-refractivity contribution in [2.24, 2.45) is 0 Å². The highest BCUT2D eigenvalue weighted by atomic mass is 79.9. The molecule has 0 unspecified atom stereocenters. The molecule has 80 valence electrons. The van der Waals surface area contributed by atoms with E-state index in [0.717, 1.165) is 16.5 Å². The van der Waals surface area contributed by atoms with Crippen LogP contribution in [0, 0.1) is 0 Å². The molecule has 0 amide bonds. The number of carbonyl (C=O) groups excluding carboxylic acids is 1. The van der Waals surface area contributed by atoms with Crippen molar-refractivity contribution >= 4 is 21.7 Å². The molecule has 2 rings (SSSR count). The van der Waals surface area contributed by atoms with E-state index in [4.69, 9.17) is 9.47 Å². The molecule has 1 heterocycles. The summed E-state index contributed by atoms with van der Waals surface area (Å²) in [6.45, 7) is 2.16. The molecule has 15 heavy (non-hydrogen) atoms. The lowest BCUT2D eigenvalue weighted by Gasteiger charge is -2.11. The van der Waals surface area contributed by atoms with E-state index in [-0.39, 0.29) is 5.78 Å². The van der Waals surface area contributed by atoms with Gasteiger partial charge in [-0.3, -0.25) is 4.79 Å². The Bertz CT molecular complexity index is 426. The lowest BCUT2D eigenvalue weighted by Crippen LogP contribution is -2.00. The van der Waals surface area contributed by atoms with Gasteiger partial charge in [0.05, 0.1) is 19.3 Å². The predicted octanol–water partition coefficient (Wildman–Crippen LogP) is 2.60. The Morgan fingerprint density at radius 1 is 1.60 bits per heavy atom. The van der Waals surface area contributed by atoms with Crippen LogP contribution in [0.2, 0.25) is 0 Å². The zero-order chi connectivity index (χ0) is 11.0. The minimum Gasteiger partial charge on any atom is -0.492 e. The van der Waals surface area contributed by atoms with Crippen LogP contribution in [0.25, 0.3) is 0 Å². The second kappa shape index (κ2) is 3.85. The highest BCUT2D eigenvalue weighted by molar-refractivity contribution is 9.10. The standard InChI is InChI=1S/C11H11BrO3/c1-6(13)8-5-9(12)7-3-4-15-11(7)10(8)14-2/h5H,3-4H2,1-2H3. The number of rotatable bonds is 2. The summed E-state index contributed by atoms with van der Waals surface area (Å²) in [5, 5.41) is 0. The fraction of sp³-hybridized carbons (Fsp3) is 0.364. The molecular formula is C11H11BrO3. The average molecular weight is 271 g/mol. The number of ketones is 1. The summed E-state index contributed by atoms with van der Waals surface area (Å²) in [7, 11) is 1.55. The molecule has 4 heteroatoms. The molecule has 1 aromatic carbocycles. The van der Waals surface area contributed by atoms with E-state index in [1.165, 1.54) is 6.92 Å². The normalized spacial score (nSPS) is 13.3. The molecule has 0 N–H and O–H groups in total. The molecule has 1 aromatic rings. The van der Waals surface area contributed by atoms with Gasteiger partial charge in [0.25, 0.3) is 0 Å². The van der Waals surface area contributed by atoms with Gasteiger partial charge in [-0.2, -0.15) is 0 Å². The molecule has 0 aromatic heterocycles. The van der Waals surface area contributed by atoms with Crippen molar-refractivity contribution < 1.29 is 14.3 Å². The summed E-state index contributed by atoms with van der Waals surface area (Å²) < 4.78 is 11.6. The molecule has 1 aliphatic rings. The van der Waals surface area contributed by atoms with Gasteiger partial charge in [0.1, 0.15) is 0 Å². The van der Waals surface area contributed by atoms with Crippen LogP contribution in [0.3, 0.4) is 0 Å². The lowest BCUT2D eigenvalue weighted by molar-refractivity contribution is 0.101. The van der Waals surface area contributed by atoms with E-state index in [9.17, 15) is 4.79 Å². The molecule has 0 radical (unpaired) electrons. The minimum absolute atomic E-state index is 0.0224. The van der Waals surface area contributed by atoms with E-state index >= 15 is 0 Å². The van der Waals surface area contributed by atoms with Crippen LogP contribution in [0.5, 0.6) is 11.5 Å². The summed E-state index contributed by atoms with van der Waals surface area (Å²) in [4.78, 5) is 11.4. The number of Topliss-reactive ketones (excluding diaryl/α,β-unsaturated/α-hetero) is 1. The summed E-state index contributed by atoms with van der Waals surface area (Å²) >= 11 is 3.44. The van der Waals surface area contributed by atoms with E-state index < -0.39 is 0 Å². The monoisotopic (exact) mass is 270 g/mol. The maximum absolute atomic E-state index is 11.4. The molecule has 0 atom stereocenters. The topological polar surface area (TPSA) is 35.5 Å². The van der Waals surface area contributed by atoms with Gasteiger partial charge in [-0.15, -0.1) is 0 Å². The van der Waals surface area contributed by atoms with Gasteiger partial charge in [0.2, 0.25) is 0 Å². The average Bonchev–Trinajstić information content (AvgIpc) is 2.66. The Hall–Kier alpha value is -1.03. The Labute approximate surface area is 96.5 Å². The summed E-state index contributed by atoms with van der Waals surface area (Å²) in [6.07, 6.45) is 0.852. The SMILES string of the molecule is COc1c(C(C)=O)cc(Br)c2c1OCC2. The van der Waals surface area contributed by atoms with Crippen LogP contribution in [0.15, 0.2) is 10.5 Å². The molecule has 0 saturated carbocycles. The first-order valence-electron chi connectivity index (χ1n) is 4.68. The molecule has 0 fully saturated rings. The number of benzene rings is 1. The van der Waals surface area contributed by atoms with Crippen molar-refractivity contribution in [3.05, 3.63) is 21.7 Å². The second-order valence-corrected chi connectivity index (χ2v) is 4.26. The fourth-order valence-corrected chi connectivity index (χ4v) is 2.36. The Morgan fingerprint density at radius 2 is 2.33 bits per heavy atom. The van der Waals surface area contributed by atoms with Gasteiger partial charge < -0.3 is 9.47 Å². The molecule has 1 aliphatic heterocycles. The quantitative estimate of drug-likeness (QED) is 0.775. The number of halogens is 1. The van der Waals surface area contributed by atoms with E-state index in [1.54, 1.807) is 13.2 Å². The zero-order valence-electron chi connectivity index (χ0n) is 8.59. The van der Waals surface area contributed by atoms with Crippen molar-refractivity contribution in [3.8, 4) is 11.5 Å². The molecule has 3 nitrogen and oxygen atoms in total. The summed E-state index contributed by atoms with van der Waals surface area (Å²) in [5.74, 6) is 1.24. The van der Waals surface area contributed by atoms with E-state index in [1.807, 2.05) is 0 Å². The van der Waals surface area contributed by atoms with Crippen molar-refractivity contribution in [1.29, 1.82) is 0 Å².